The van der Waals surface area contributed by atoms with Crippen LogP contribution in [0.1, 0.15) is 19.0 Å². The van der Waals surface area contributed by atoms with Gasteiger partial charge in [0.15, 0.2) is 0 Å². The van der Waals surface area contributed by atoms with E-state index in [9.17, 15) is 4.79 Å². The molecule has 0 bridgehead atoms. The molecular formula is C14H18Cl3N5O. The number of aryl methyl sites for hydroxylation is 2. The SMILES string of the molecule is Cc1nn(CCCNC(=O)C(C)Cn2cc(Cl)cn2)c(Cl)c1Cl. The van der Waals surface area contributed by atoms with Crippen LogP contribution in [0.15, 0.2) is 12.4 Å². The van der Waals surface area contributed by atoms with Crippen LogP contribution in [0, 0.1) is 12.8 Å². The first-order valence-corrected chi connectivity index (χ1v) is 8.36. The number of hydrogen-bond donors (Lipinski definition) is 1. The Labute approximate surface area is 149 Å². The van der Waals surface area contributed by atoms with Gasteiger partial charge in [0.05, 0.1) is 29.4 Å². The van der Waals surface area contributed by atoms with Crippen molar-refractivity contribution in [2.24, 2.45) is 5.92 Å². The zero-order valence-electron chi connectivity index (χ0n) is 12.9. The zero-order valence-corrected chi connectivity index (χ0v) is 15.2. The maximum Gasteiger partial charge on any atom is 0.224 e. The molecule has 2 aromatic heterocycles. The highest BCUT2D eigenvalue weighted by Crippen LogP contribution is 2.24. The fourth-order valence-corrected chi connectivity index (χ4v) is 2.65. The normalized spacial score (nSPS) is 12.4. The van der Waals surface area contributed by atoms with Crippen molar-refractivity contribution in [3.63, 3.8) is 0 Å². The monoisotopic (exact) mass is 377 g/mol. The van der Waals surface area contributed by atoms with Gasteiger partial charge in [0.25, 0.3) is 0 Å². The highest BCUT2D eigenvalue weighted by atomic mass is 35.5. The van der Waals surface area contributed by atoms with Gasteiger partial charge in [0.2, 0.25) is 5.91 Å². The summed E-state index contributed by atoms with van der Waals surface area (Å²) >= 11 is 17.8. The summed E-state index contributed by atoms with van der Waals surface area (Å²) in [5.41, 5.74) is 0.701. The van der Waals surface area contributed by atoms with E-state index in [2.05, 4.69) is 15.5 Å². The molecule has 6 nitrogen and oxygen atoms in total. The third-order valence-electron chi connectivity index (χ3n) is 3.35. The van der Waals surface area contributed by atoms with Crippen LogP contribution in [0.5, 0.6) is 0 Å². The number of aromatic nitrogens is 4. The minimum atomic E-state index is -0.198. The van der Waals surface area contributed by atoms with E-state index < -0.39 is 0 Å². The van der Waals surface area contributed by atoms with Crippen molar-refractivity contribution in [3.05, 3.63) is 33.3 Å². The smallest absolute Gasteiger partial charge is 0.224 e. The molecule has 0 aromatic carbocycles. The third kappa shape index (κ3) is 4.86. The molecule has 0 fully saturated rings. The Kier molecular flexibility index (Phi) is 6.33. The molecule has 1 N–H and O–H groups in total. The average Bonchev–Trinajstić information content (AvgIpc) is 3.02. The van der Waals surface area contributed by atoms with E-state index in [0.717, 1.165) is 0 Å². The van der Waals surface area contributed by atoms with Crippen LogP contribution in [0.3, 0.4) is 0 Å². The van der Waals surface area contributed by atoms with E-state index >= 15 is 0 Å². The first-order valence-electron chi connectivity index (χ1n) is 7.22. The summed E-state index contributed by atoms with van der Waals surface area (Å²) in [5, 5.41) is 12.6. The molecule has 0 aliphatic carbocycles. The number of nitrogens with zero attached hydrogens (tertiary/aromatic N) is 4. The van der Waals surface area contributed by atoms with Gasteiger partial charge in [0, 0.05) is 19.3 Å². The van der Waals surface area contributed by atoms with Gasteiger partial charge in [-0.05, 0) is 13.3 Å². The lowest BCUT2D eigenvalue weighted by atomic mass is 10.1. The van der Waals surface area contributed by atoms with Gasteiger partial charge in [-0.2, -0.15) is 10.2 Å². The number of carbonyl (C=O) groups excluding carboxylic acids is 1. The minimum absolute atomic E-state index is 0.0302. The van der Waals surface area contributed by atoms with Crippen LogP contribution < -0.4 is 5.32 Å². The molecule has 23 heavy (non-hydrogen) atoms. The maximum absolute atomic E-state index is 12.0. The molecular weight excluding hydrogens is 361 g/mol. The topological polar surface area (TPSA) is 64.7 Å². The number of rotatable bonds is 7. The fourth-order valence-electron chi connectivity index (χ4n) is 2.10. The summed E-state index contributed by atoms with van der Waals surface area (Å²) in [5.74, 6) is -0.228. The molecule has 0 radical (unpaired) electrons. The predicted octanol–water partition coefficient (Wildman–Crippen LogP) is 3.19. The Morgan fingerprint density at radius 3 is 2.70 bits per heavy atom. The van der Waals surface area contributed by atoms with E-state index in [-0.39, 0.29) is 11.8 Å². The van der Waals surface area contributed by atoms with Crippen LogP contribution in [0.25, 0.3) is 0 Å². The molecule has 0 spiro atoms. The number of amides is 1. The quantitative estimate of drug-likeness (QED) is 0.753. The Bertz CT molecular complexity index is 682. The van der Waals surface area contributed by atoms with E-state index in [0.29, 0.717) is 46.9 Å². The lowest BCUT2D eigenvalue weighted by Crippen LogP contribution is -2.32. The van der Waals surface area contributed by atoms with Crippen molar-refractivity contribution in [2.45, 2.75) is 33.4 Å². The zero-order chi connectivity index (χ0) is 17.0. The molecule has 0 saturated heterocycles. The summed E-state index contributed by atoms with van der Waals surface area (Å²) in [6, 6.07) is 0. The van der Waals surface area contributed by atoms with Crippen LogP contribution >= 0.6 is 34.8 Å². The average molecular weight is 379 g/mol. The number of halogens is 3. The largest absolute Gasteiger partial charge is 0.356 e. The standard InChI is InChI=1S/C14H18Cl3N5O/c1-9(7-21-8-11(15)6-19-21)14(23)18-4-3-5-22-13(17)12(16)10(2)20-22/h6,8-9H,3-5,7H2,1-2H3,(H,18,23). The van der Waals surface area contributed by atoms with E-state index in [1.165, 1.54) is 0 Å². The molecule has 1 unspecified atom stereocenters. The Balaban J connectivity index is 1.72. The van der Waals surface area contributed by atoms with Gasteiger partial charge in [0.1, 0.15) is 10.2 Å². The van der Waals surface area contributed by atoms with Gasteiger partial charge in [-0.1, -0.05) is 41.7 Å². The molecule has 0 aliphatic heterocycles. The summed E-state index contributed by atoms with van der Waals surface area (Å²) < 4.78 is 3.29. The lowest BCUT2D eigenvalue weighted by molar-refractivity contribution is -0.124. The van der Waals surface area contributed by atoms with Crippen molar-refractivity contribution < 1.29 is 4.79 Å². The molecule has 126 valence electrons. The van der Waals surface area contributed by atoms with Crippen molar-refractivity contribution in [2.75, 3.05) is 6.54 Å². The summed E-state index contributed by atoms with van der Waals surface area (Å²) in [6.45, 7) is 5.26. The number of hydrogen-bond acceptors (Lipinski definition) is 3. The molecule has 2 aromatic rings. The van der Waals surface area contributed by atoms with Gasteiger partial charge >= 0.3 is 0 Å². The molecule has 0 aliphatic rings. The molecule has 0 saturated carbocycles. The van der Waals surface area contributed by atoms with Crippen LogP contribution in [-0.2, 0) is 17.9 Å². The molecule has 2 heterocycles. The molecule has 2 rings (SSSR count). The first kappa shape index (κ1) is 18.1. The molecule has 1 amide bonds. The number of carbonyl (C=O) groups is 1. The molecule has 1 atom stereocenters. The Morgan fingerprint density at radius 2 is 2.13 bits per heavy atom. The van der Waals surface area contributed by atoms with Gasteiger partial charge in [-0.25, -0.2) is 0 Å². The highest BCUT2D eigenvalue weighted by Gasteiger charge is 2.14. The van der Waals surface area contributed by atoms with Gasteiger partial charge < -0.3 is 5.32 Å². The van der Waals surface area contributed by atoms with Crippen LogP contribution in [0.4, 0.5) is 0 Å². The van der Waals surface area contributed by atoms with Gasteiger partial charge in [-0.3, -0.25) is 14.2 Å². The highest BCUT2D eigenvalue weighted by molar-refractivity contribution is 6.41. The van der Waals surface area contributed by atoms with Crippen molar-refractivity contribution in [1.29, 1.82) is 0 Å². The number of nitrogens with one attached hydrogen (secondary N) is 1. The van der Waals surface area contributed by atoms with Crippen LogP contribution in [-0.4, -0.2) is 32.0 Å². The predicted molar refractivity (Wildman–Crippen MR) is 91.0 cm³/mol. The van der Waals surface area contributed by atoms with Crippen LogP contribution in [0.2, 0.25) is 15.2 Å². The van der Waals surface area contributed by atoms with E-state index in [1.807, 2.05) is 6.92 Å². The summed E-state index contributed by atoms with van der Waals surface area (Å²) in [7, 11) is 0. The van der Waals surface area contributed by atoms with Crippen molar-refractivity contribution >= 4 is 40.7 Å². The maximum atomic E-state index is 12.0. The van der Waals surface area contributed by atoms with E-state index in [4.69, 9.17) is 34.8 Å². The first-order chi connectivity index (χ1) is 10.9. The lowest BCUT2D eigenvalue weighted by Gasteiger charge is -2.12. The second-order valence-electron chi connectivity index (χ2n) is 5.34. The molecule has 9 heteroatoms. The van der Waals surface area contributed by atoms with Crippen molar-refractivity contribution in [1.82, 2.24) is 24.9 Å². The van der Waals surface area contributed by atoms with Crippen molar-refractivity contribution in [3.8, 4) is 0 Å². The van der Waals surface area contributed by atoms with E-state index in [1.54, 1.807) is 28.7 Å². The minimum Gasteiger partial charge on any atom is -0.356 e. The Morgan fingerprint density at radius 1 is 1.39 bits per heavy atom. The van der Waals surface area contributed by atoms with Gasteiger partial charge in [-0.15, -0.1) is 0 Å². The second-order valence-corrected chi connectivity index (χ2v) is 6.51. The Hall–Kier alpha value is -1.24. The summed E-state index contributed by atoms with van der Waals surface area (Å²) in [4.78, 5) is 12.0. The second kappa shape index (κ2) is 8.04. The fraction of sp³-hybridized carbons (Fsp3) is 0.500. The summed E-state index contributed by atoms with van der Waals surface area (Å²) in [6.07, 6.45) is 3.95. The third-order valence-corrected chi connectivity index (χ3v) is 4.48.